The zero-order valence-electron chi connectivity index (χ0n) is 9.62. The van der Waals surface area contributed by atoms with Crippen LogP contribution >= 0.6 is 11.6 Å². The lowest BCUT2D eigenvalue weighted by molar-refractivity contribution is -0.115. The smallest absolute Gasteiger partial charge is 0.159 e. The van der Waals surface area contributed by atoms with Crippen LogP contribution in [-0.2, 0) is 14.6 Å². The van der Waals surface area contributed by atoms with Gasteiger partial charge in [0.2, 0.25) is 0 Å². The van der Waals surface area contributed by atoms with E-state index in [9.17, 15) is 13.2 Å². The number of carbonyl (C=O) groups is 1. The molecule has 0 bridgehead atoms. The Hall–Kier alpha value is -0.350. The molecule has 0 radical (unpaired) electrons. The Morgan fingerprint density at radius 1 is 1.44 bits per heavy atom. The Kier molecular flexibility index (Phi) is 4.56. The van der Waals surface area contributed by atoms with Gasteiger partial charge in [-0.2, -0.15) is 0 Å². The van der Waals surface area contributed by atoms with Crippen molar-refractivity contribution < 1.29 is 13.2 Å². The summed E-state index contributed by atoms with van der Waals surface area (Å²) < 4.78 is 22.9. The van der Waals surface area contributed by atoms with Gasteiger partial charge in [-0.15, -0.1) is 11.6 Å². The highest BCUT2D eigenvalue weighted by Crippen LogP contribution is 2.24. The summed E-state index contributed by atoms with van der Waals surface area (Å²) in [6, 6.07) is 0. The predicted octanol–water partition coefficient (Wildman–Crippen LogP) is 2.10. The van der Waals surface area contributed by atoms with Crippen molar-refractivity contribution in [2.45, 2.75) is 38.5 Å². The Morgan fingerprint density at radius 3 is 2.56 bits per heavy atom. The highest BCUT2D eigenvalue weighted by molar-refractivity contribution is 7.92. The standard InChI is InChI=1S/C11H17ClO3S/c1-3-9-6-16(14,15)7-10(9)11(13)5-4-8(2)12/h8H,3-7H2,1-2H3. The number of alkyl halides is 1. The summed E-state index contributed by atoms with van der Waals surface area (Å²) in [5.41, 5.74) is 1.30. The van der Waals surface area contributed by atoms with Crippen LogP contribution in [0.5, 0.6) is 0 Å². The van der Waals surface area contributed by atoms with Crippen molar-refractivity contribution in [3.63, 3.8) is 0 Å². The van der Waals surface area contributed by atoms with Gasteiger partial charge in [0.25, 0.3) is 0 Å². The van der Waals surface area contributed by atoms with E-state index in [1.54, 1.807) is 0 Å². The molecule has 0 aromatic rings. The van der Waals surface area contributed by atoms with E-state index in [2.05, 4.69) is 0 Å². The quantitative estimate of drug-likeness (QED) is 0.715. The highest BCUT2D eigenvalue weighted by atomic mass is 35.5. The molecule has 1 atom stereocenters. The van der Waals surface area contributed by atoms with E-state index >= 15 is 0 Å². The number of ketones is 1. The SMILES string of the molecule is CCC1=C(C(=O)CCC(C)Cl)CS(=O)(=O)C1. The van der Waals surface area contributed by atoms with Crippen LogP contribution in [0.1, 0.15) is 33.1 Å². The summed E-state index contributed by atoms with van der Waals surface area (Å²) in [7, 11) is -3.07. The predicted molar refractivity (Wildman–Crippen MR) is 65.5 cm³/mol. The lowest BCUT2D eigenvalue weighted by atomic mass is 10.0. The molecule has 0 aliphatic carbocycles. The largest absolute Gasteiger partial charge is 0.295 e. The van der Waals surface area contributed by atoms with Crippen molar-refractivity contribution in [1.29, 1.82) is 0 Å². The van der Waals surface area contributed by atoms with Crippen LogP contribution in [-0.4, -0.2) is 31.1 Å². The van der Waals surface area contributed by atoms with Gasteiger partial charge >= 0.3 is 0 Å². The minimum atomic E-state index is -3.07. The van der Waals surface area contributed by atoms with E-state index in [1.807, 2.05) is 13.8 Å². The number of sulfone groups is 1. The molecule has 1 rings (SSSR count). The minimum absolute atomic E-state index is 0.0485. The van der Waals surface area contributed by atoms with E-state index in [4.69, 9.17) is 11.6 Å². The summed E-state index contributed by atoms with van der Waals surface area (Å²) in [5.74, 6) is -0.0717. The maximum absolute atomic E-state index is 11.8. The summed E-state index contributed by atoms with van der Waals surface area (Å²) in [6.07, 6.45) is 1.58. The third kappa shape index (κ3) is 3.59. The lowest BCUT2D eigenvalue weighted by Gasteiger charge is -2.04. The molecule has 5 heteroatoms. The van der Waals surface area contributed by atoms with E-state index in [0.717, 1.165) is 5.57 Å². The second-order valence-electron chi connectivity index (χ2n) is 4.21. The normalized spacial score (nSPS) is 21.2. The summed E-state index contributed by atoms with van der Waals surface area (Å²) >= 11 is 5.77. The maximum Gasteiger partial charge on any atom is 0.159 e. The van der Waals surface area contributed by atoms with Crippen molar-refractivity contribution in [2.75, 3.05) is 11.5 Å². The molecule has 0 aromatic carbocycles. The van der Waals surface area contributed by atoms with Crippen LogP contribution in [0.2, 0.25) is 0 Å². The molecular formula is C11H17ClO3S. The van der Waals surface area contributed by atoms with Crippen LogP contribution in [0.3, 0.4) is 0 Å². The zero-order valence-corrected chi connectivity index (χ0v) is 11.2. The molecule has 16 heavy (non-hydrogen) atoms. The monoisotopic (exact) mass is 264 g/mol. The van der Waals surface area contributed by atoms with Gasteiger partial charge in [0.1, 0.15) is 0 Å². The molecule has 0 fully saturated rings. The molecule has 1 aliphatic rings. The first-order valence-electron chi connectivity index (χ1n) is 5.44. The molecule has 0 saturated carbocycles. The first-order chi connectivity index (χ1) is 7.35. The van der Waals surface area contributed by atoms with Gasteiger partial charge < -0.3 is 0 Å². The zero-order chi connectivity index (χ0) is 12.3. The second kappa shape index (κ2) is 5.32. The molecule has 92 valence electrons. The van der Waals surface area contributed by atoms with Crippen molar-refractivity contribution >= 4 is 27.2 Å². The molecule has 3 nitrogen and oxygen atoms in total. The Morgan fingerprint density at radius 2 is 2.06 bits per heavy atom. The van der Waals surface area contributed by atoms with Crippen molar-refractivity contribution in [1.82, 2.24) is 0 Å². The van der Waals surface area contributed by atoms with Gasteiger partial charge in [-0.3, -0.25) is 4.79 Å². The first kappa shape index (κ1) is 13.7. The molecule has 0 spiro atoms. The van der Waals surface area contributed by atoms with Gasteiger partial charge in [-0.05, 0) is 25.3 Å². The van der Waals surface area contributed by atoms with Gasteiger partial charge in [0.15, 0.2) is 15.6 Å². The average molecular weight is 265 g/mol. The number of halogens is 1. The third-order valence-electron chi connectivity index (χ3n) is 2.72. The number of hydrogen-bond acceptors (Lipinski definition) is 3. The molecular weight excluding hydrogens is 248 g/mol. The molecule has 1 aliphatic heterocycles. The number of rotatable bonds is 5. The van der Waals surface area contributed by atoms with Crippen LogP contribution in [0.25, 0.3) is 0 Å². The number of carbonyl (C=O) groups excluding carboxylic acids is 1. The topological polar surface area (TPSA) is 51.2 Å². The van der Waals surface area contributed by atoms with Crippen molar-refractivity contribution in [2.24, 2.45) is 0 Å². The van der Waals surface area contributed by atoms with Crippen LogP contribution in [0.4, 0.5) is 0 Å². The fourth-order valence-corrected chi connectivity index (χ4v) is 3.72. The van der Waals surface area contributed by atoms with Crippen LogP contribution in [0, 0.1) is 0 Å². The fourth-order valence-electron chi connectivity index (χ4n) is 1.80. The van der Waals surface area contributed by atoms with Gasteiger partial charge in [0.05, 0.1) is 11.5 Å². The van der Waals surface area contributed by atoms with E-state index in [-0.39, 0.29) is 22.7 Å². The minimum Gasteiger partial charge on any atom is -0.295 e. The second-order valence-corrected chi connectivity index (χ2v) is 7.02. The molecule has 1 heterocycles. The lowest BCUT2D eigenvalue weighted by Crippen LogP contribution is -2.10. The Bertz CT molecular complexity index is 407. The third-order valence-corrected chi connectivity index (χ3v) is 4.45. The fraction of sp³-hybridized carbons (Fsp3) is 0.727. The molecule has 0 aromatic heterocycles. The number of hydrogen-bond donors (Lipinski definition) is 0. The van der Waals surface area contributed by atoms with Gasteiger partial charge in [-0.1, -0.05) is 6.92 Å². The van der Waals surface area contributed by atoms with E-state index < -0.39 is 9.84 Å². The average Bonchev–Trinajstić information content (AvgIpc) is 2.50. The molecule has 0 amide bonds. The van der Waals surface area contributed by atoms with Crippen LogP contribution in [0.15, 0.2) is 11.1 Å². The Labute approximate surface area is 102 Å². The number of Topliss-reactive ketones (excluding diaryl/α,β-unsaturated/α-hetero) is 1. The highest BCUT2D eigenvalue weighted by Gasteiger charge is 2.29. The van der Waals surface area contributed by atoms with Crippen molar-refractivity contribution in [3.05, 3.63) is 11.1 Å². The molecule has 0 N–H and O–H groups in total. The summed E-state index contributed by atoms with van der Waals surface area (Å²) in [4.78, 5) is 11.8. The maximum atomic E-state index is 11.8. The Balaban J connectivity index is 2.74. The molecule has 0 saturated heterocycles. The summed E-state index contributed by atoms with van der Waals surface area (Å²) in [5, 5.41) is -0.0485. The van der Waals surface area contributed by atoms with E-state index in [0.29, 0.717) is 24.8 Å². The summed E-state index contributed by atoms with van der Waals surface area (Å²) in [6.45, 7) is 3.71. The van der Waals surface area contributed by atoms with Crippen LogP contribution < -0.4 is 0 Å². The molecule has 1 unspecified atom stereocenters. The van der Waals surface area contributed by atoms with Gasteiger partial charge in [0, 0.05) is 17.4 Å². The van der Waals surface area contributed by atoms with E-state index in [1.165, 1.54) is 0 Å². The van der Waals surface area contributed by atoms with Gasteiger partial charge in [-0.25, -0.2) is 8.42 Å². The first-order valence-corrected chi connectivity index (χ1v) is 7.70. The van der Waals surface area contributed by atoms with Crippen molar-refractivity contribution in [3.8, 4) is 0 Å².